The molecule has 0 saturated heterocycles. The zero-order chi connectivity index (χ0) is 21.0. The van der Waals surface area contributed by atoms with Gasteiger partial charge in [-0.15, -0.1) is 0 Å². The number of nitrogen functional groups attached to an aromatic ring is 1. The number of hydrogen-bond acceptors (Lipinski definition) is 7. The van der Waals surface area contributed by atoms with E-state index in [0.29, 0.717) is 17.8 Å². The average Bonchev–Trinajstić information content (AvgIpc) is 3.03. The fraction of sp³-hybridized carbons (Fsp3) is 0.400. The number of aromatic amines is 1. The van der Waals surface area contributed by atoms with Crippen LogP contribution in [0.1, 0.15) is 43.7 Å². The van der Waals surface area contributed by atoms with E-state index >= 15 is 0 Å². The van der Waals surface area contributed by atoms with Crippen molar-refractivity contribution in [2.45, 2.75) is 39.2 Å². The van der Waals surface area contributed by atoms with E-state index in [4.69, 9.17) is 15.2 Å². The molecule has 1 aromatic carbocycles. The fourth-order valence-electron chi connectivity index (χ4n) is 3.01. The molecule has 2 heterocycles. The predicted octanol–water partition coefficient (Wildman–Crippen LogP) is 2.21. The number of esters is 1. The first kappa shape index (κ1) is 20.4. The van der Waals surface area contributed by atoms with Gasteiger partial charge in [0.1, 0.15) is 5.52 Å². The van der Waals surface area contributed by atoms with Crippen LogP contribution < -0.4 is 16.2 Å². The van der Waals surface area contributed by atoms with E-state index < -0.39 is 5.92 Å². The summed E-state index contributed by atoms with van der Waals surface area (Å²) < 4.78 is 11.8. The number of nitrogens with zero attached hydrogens (tertiary/aromatic N) is 3. The van der Waals surface area contributed by atoms with Crippen LogP contribution in [0.25, 0.3) is 11.2 Å². The number of carbonyl (C=O) groups excluding carboxylic acids is 1. The van der Waals surface area contributed by atoms with Crippen molar-refractivity contribution in [2.75, 3.05) is 19.5 Å². The number of ether oxygens (including phenoxy) is 2. The molecule has 0 aliphatic carbocycles. The summed E-state index contributed by atoms with van der Waals surface area (Å²) in [5.41, 5.74) is 8.03. The van der Waals surface area contributed by atoms with Crippen LogP contribution >= 0.6 is 0 Å². The van der Waals surface area contributed by atoms with Gasteiger partial charge in [-0.25, -0.2) is 4.79 Å². The van der Waals surface area contributed by atoms with Crippen LogP contribution in [0.15, 0.2) is 29.1 Å². The lowest BCUT2D eigenvalue weighted by Gasteiger charge is -2.11. The summed E-state index contributed by atoms with van der Waals surface area (Å²) in [4.78, 5) is 35.5. The summed E-state index contributed by atoms with van der Waals surface area (Å²) in [7, 11) is 1.36. The molecule has 29 heavy (non-hydrogen) atoms. The fourth-order valence-corrected chi connectivity index (χ4v) is 3.01. The molecule has 0 spiro atoms. The lowest BCUT2D eigenvalue weighted by atomic mass is 9.99. The Balaban J connectivity index is 1.95. The number of unbranched alkanes of at least 4 members (excludes halogenated alkanes) is 1. The maximum Gasteiger partial charge on any atom is 0.328 e. The number of nitrogens with two attached hydrogens (primary N) is 1. The smallest absolute Gasteiger partial charge is 0.328 e. The number of hydrogen-bond donors (Lipinski definition) is 2. The first-order valence-corrected chi connectivity index (χ1v) is 9.50. The van der Waals surface area contributed by atoms with Gasteiger partial charge < -0.3 is 20.2 Å². The molecule has 1 atom stereocenters. The van der Waals surface area contributed by atoms with Crippen LogP contribution in [0, 0.1) is 0 Å². The van der Waals surface area contributed by atoms with Crippen molar-refractivity contribution in [3.05, 3.63) is 45.9 Å². The Morgan fingerprint density at radius 1 is 1.34 bits per heavy atom. The second kappa shape index (κ2) is 8.76. The second-order valence-corrected chi connectivity index (χ2v) is 6.80. The van der Waals surface area contributed by atoms with Crippen molar-refractivity contribution >= 4 is 23.0 Å². The second-order valence-electron chi connectivity index (χ2n) is 6.80. The van der Waals surface area contributed by atoms with E-state index in [1.165, 1.54) is 11.7 Å². The highest BCUT2D eigenvalue weighted by Gasteiger charge is 2.18. The van der Waals surface area contributed by atoms with Gasteiger partial charge in [-0.1, -0.05) is 37.6 Å². The third-order valence-electron chi connectivity index (χ3n) is 4.71. The summed E-state index contributed by atoms with van der Waals surface area (Å²) in [6, 6.07) is 7.58. The van der Waals surface area contributed by atoms with Crippen molar-refractivity contribution < 1.29 is 14.3 Å². The molecule has 0 amide bonds. The standard InChI is InChI=1S/C20H25N5O4/c1-4-5-9-29-19-23-16(21)15-17(24-19)25(20(27)22-15)11-13-7-6-8-14(10-13)12(2)18(26)28-3/h6-8,10,12H,4-5,9,11H2,1-3H3,(H,22,27)(H2,21,23,24)/t12-/m1/s1. The van der Waals surface area contributed by atoms with Gasteiger partial charge in [0.15, 0.2) is 11.5 Å². The van der Waals surface area contributed by atoms with E-state index in [1.807, 2.05) is 24.3 Å². The Morgan fingerprint density at radius 2 is 2.14 bits per heavy atom. The molecule has 0 aliphatic rings. The van der Waals surface area contributed by atoms with Gasteiger partial charge in [-0.3, -0.25) is 9.36 Å². The van der Waals surface area contributed by atoms with Crippen LogP contribution in [0.5, 0.6) is 6.01 Å². The minimum absolute atomic E-state index is 0.143. The number of rotatable bonds is 8. The van der Waals surface area contributed by atoms with Crippen molar-refractivity contribution in [3.8, 4) is 6.01 Å². The normalized spacial score (nSPS) is 12.1. The largest absolute Gasteiger partial charge is 0.469 e. The topological polar surface area (TPSA) is 125 Å². The van der Waals surface area contributed by atoms with E-state index in [2.05, 4.69) is 21.9 Å². The van der Waals surface area contributed by atoms with Crippen LogP contribution in [-0.2, 0) is 16.1 Å². The molecule has 3 N–H and O–H groups in total. The molecule has 154 valence electrons. The first-order valence-electron chi connectivity index (χ1n) is 9.50. The zero-order valence-corrected chi connectivity index (χ0v) is 16.8. The molecule has 9 nitrogen and oxygen atoms in total. The molecule has 0 aliphatic heterocycles. The summed E-state index contributed by atoms with van der Waals surface area (Å²) in [5.74, 6) is -0.567. The molecule has 3 rings (SSSR count). The number of H-pyrrole nitrogens is 1. The highest BCUT2D eigenvalue weighted by Crippen LogP contribution is 2.21. The van der Waals surface area contributed by atoms with Crippen LogP contribution in [0.3, 0.4) is 0 Å². The summed E-state index contributed by atoms with van der Waals surface area (Å²) in [6.07, 6.45) is 1.85. The van der Waals surface area contributed by atoms with Crippen LogP contribution in [-0.4, -0.2) is 39.2 Å². The number of carbonyl (C=O) groups is 1. The Labute approximate surface area is 167 Å². The monoisotopic (exact) mass is 399 g/mol. The van der Waals surface area contributed by atoms with Crippen molar-refractivity contribution in [1.29, 1.82) is 0 Å². The Bertz CT molecular complexity index is 1070. The van der Waals surface area contributed by atoms with E-state index in [9.17, 15) is 9.59 Å². The van der Waals surface area contributed by atoms with Gasteiger partial charge in [0.2, 0.25) is 0 Å². The highest BCUT2D eigenvalue weighted by molar-refractivity contribution is 5.82. The molecule has 9 heteroatoms. The number of imidazole rings is 1. The summed E-state index contributed by atoms with van der Waals surface area (Å²) >= 11 is 0. The number of methoxy groups -OCH3 is 1. The van der Waals surface area contributed by atoms with Crippen LogP contribution in [0.4, 0.5) is 5.82 Å². The highest BCUT2D eigenvalue weighted by atomic mass is 16.5. The van der Waals surface area contributed by atoms with Gasteiger partial charge in [0.05, 0.1) is 26.2 Å². The van der Waals surface area contributed by atoms with E-state index in [-0.39, 0.29) is 30.0 Å². The number of anilines is 1. The van der Waals surface area contributed by atoms with E-state index in [1.54, 1.807) is 6.92 Å². The van der Waals surface area contributed by atoms with Gasteiger partial charge >= 0.3 is 17.7 Å². The third kappa shape index (κ3) is 4.39. The molecule has 2 aromatic heterocycles. The van der Waals surface area contributed by atoms with Gasteiger partial charge in [-0.05, 0) is 24.5 Å². The van der Waals surface area contributed by atoms with E-state index in [0.717, 1.165) is 24.0 Å². The predicted molar refractivity (Wildman–Crippen MR) is 109 cm³/mol. The molecule has 0 fully saturated rings. The van der Waals surface area contributed by atoms with Crippen molar-refractivity contribution in [3.63, 3.8) is 0 Å². The van der Waals surface area contributed by atoms with Crippen molar-refractivity contribution in [2.24, 2.45) is 0 Å². The maximum atomic E-state index is 12.5. The van der Waals surface area contributed by atoms with Crippen LogP contribution in [0.2, 0.25) is 0 Å². The molecule has 3 aromatic rings. The summed E-state index contributed by atoms with van der Waals surface area (Å²) in [6.45, 7) is 4.56. The first-order chi connectivity index (χ1) is 13.9. The summed E-state index contributed by atoms with van der Waals surface area (Å²) in [5, 5.41) is 0. The molecular formula is C20H25N5O4. The molecule has 0 unspecified atom stereocenters. The zero-order valence-electron chi connectivity index (χ0n) is 16.8. The van der Waals surface area contributed by atoms with Gasteiger partial charge in [-0.2, -0.15) is 9.97 Å². The minimum Gasteiger partial charge on any atom is -0.469 e. The Morgan fingerprint density at radius 3 is 2.86 bits per heavy atom. The van der Waals surface area contributed by atoms with Gasteiger partial charge in [0, 0.05) is 0 Å². The molecular weight excluding hydrogens is 374 g/mol. The molecule has 0 saturated carbocycles. The molecule has 0 bridgehead atoms. The minimum atomic E-state index is -0.406. The third-order valence-corrected chi connectivity index (χ3v) is 4.71. The Hall–Kier alpha value is -3.36. The molecule has 0 radical (unpaired) electrons. The quantitative estimate of drug-likeness (QED) is 0.439. The van der Waals surface area contributed by atoms with Crippen molar-refractivity contribution in [1.82, 2.24) is 19.5 Å². The number of nitrogens with one attached hydrogen (secondary N) is 1. The lowest BCUT2D eigenvalue weighted by Crippen LogP contribution is -2.18. The maximum absolute atomic E-state index is 12.5. The van der Waals surface area contributed by atoms with Gasteiger partial charge in [0.25, 0.3) is 0 Å². The number of aromatic nitrogens is 4. The Kier molecular flexibility index (Phi) is 6.16. The number of benzene rings is 1. The average molecular weight is 399 g/mol. The lowest BCUT2D eigenvalue weighted by molar-refractivity contribution is -0.141. The number of fused-ring (bicyclic) bond motifs is 1. The SMILES string of the molecule is CCCCOc1nc(N)c2[nH]c(=O)n(Cc3cccc([C@@H](C)C(=O)OC)c3)c2n1.